The number of hydrogen-bond donors (Lipinski definition) is 5. The summed E-state index contributed by atoms with van der Waals surface area (Å²) in [6, 6.07) is 0.958. The van der Waals surface area contributed by atoms with Crippen LogP contribution >= 0.6 is 0 Å². The first kappa shape index (κ1) is 28.3. The predicted molar refractivity (Wildman–Crippen MR) is 135 cm³/mol. The Kier molecular flexibility index (Phi) is 9.29. The third-order valence-corrected chi connectivity index (χ3v) is 7.56. The lowest BCUT2D eigenvalue weighted by Crippen LogP contribution is -2.58. The van der Waals surface area contributed by atoms with Crippen molar-refractivity contribution in [1.29, 1.82) is 0 Å². The molecule has 4 rings (SSSR count). The molecule has 10 nitrogen and oxygen atoms in total. The second-order valence-electron chi connectivity index (χ2n) is 10.6. The van der Waals surface area contributed by atoms with Gasteiger partial charge >= 0.3 is 0 Å². The molecule has 0 bridgehead atoms. The minimum Gasteiger partial charge on any atom is -0.349 e. The molecule has 210 valence electrons. The normalized spacial score (nSPS) is 29.1. The van der Waals surface area contributed by atoms with Gasteiger partial charge in [-0.1, -0.05) is 6.07 Å². The van der Waals surface area contributed by atoms with Crippen LogP contribution in [-0.4, -0.2) is 72.1 Å². The summed E-state index contributed by atoms with van der Waals surface area (Å²) in [4.78, 5) is 46.4. The van der Waals surface area contributed by atoms with Gasteiger partial charge in [0.05, 0.1) is 24.7 Å². The molecule has 1 aromatic carbocycles. The van der Waals surface area contributed by atoms with Crippen molar-refractivity contribution >= 4 is 17.7 Å². The van der Waals surface area contributed by atoms with Crippen LogP contribution < -0.4 is 26.7 Å². The molecule has 7 atom stereocenters. The van der Waals surface area contributed by atoms with E-state index in [1.165, 1.54) is 12.1 Å². The number of piperidine rings is 1. The lowest BCUT2D eigenvalue weighted by molar-refractivity contribution is -0.139. The Morgan fingerprint density at radius 2 is 1.97 bits per heavy atom. The van der Waals surface area contributed by atoms with Crippen LogP contribution in [0, 0.1) is 11.6 Å². The number of benzene rings is 1. The van der Waals surface area contributed by atoms with Crippen molar-refractivity contribution in [3.05, 3.63) is 35.4 Å². The highest BCUT2D eigenvalue weighted by Crippen LogP contribution is 2.22. The number of nitrogens with zero attached hydrogens (tertiary/aromatic N) is 1. The quantitative estimate of drug-likeness (QED) is 0.336. The lowest BCUT2D eigenvalue weighted by Gasteiger charge is -2.34. The number of likely N-dealkylation sites (tertiary alicyclic amines) is 1. The van der Waals surface area contributed by atoms with E-state index in [0.717, 1.165) is 25.3 Å². The van der Waals surface area contributed by atoms with Gasteiger partial charge < -0.3 is 15.5 Å². The number of nitrogens with one attached hydrogen (secondary N) is 5. The van der Waals surface area contributed by atoms with E-state index < -0.39 is 53.8 Å². The molecule has 0 aromatic heterocycles. The molecule has 3 saturated heterocycles. The Bertz CT molecular complexity index is 1030. The largest absolute Gasteiger partial charge is 0.349 e. The van der Waals surface area contributed by atoms with Gasteiger partial charge in [-0.05, 0) is 46.1 Å². The average Bonchev–Trinajstić information content (AvgIpc) is 3.53. The summed E-state index contributed by atoms with van der Waals surface area (Å²) >= 11 is 0. The Labute approximate surface area is 221 Å². The third kappa shape index (κ3) is 6.85. The Morgan fingerprint density at radius 1 is 1.18 bits per heavy atom. The van der Waals surface area contributed by atoms with E-state index >= 15 is 0 Å². The van der Waals surface area contributed by atoms with Crippen LogP contribution in [0.2, 0.25) is 0 Å². The van der Waals surface area contributed by atoms with Gasteiger partial charge in [-0.3, -0.25) is 29.9 Å². The zero-order valence-electron chi connectivity index (χ0n) is 22.1. The first-order chi connectivity index (χ1) is 18.1. The van der Waals surface area contributed by atoms with E-state index in [9.17, 15) is 23.2 Å². The van der Waals surface area contributed by atoms with Crippen LogP contribution in [-0.2, 0) is 19.2 Å². The summed E-state index contributed by atoms with van der Waals surface area (Å²) in [5, 5.41) is 12.1. The van der Waals surface area contributed by atoms with Gasteiger partial charge in [0.15, 0.2) is 0 Å². The number of amides is 3. The predicted octanol–water partition coefficient (Wildman–Crippen LogP) is 0.987. The molecule has 38 heavy (non-hydrogen) atoms. The highest BCUT2D eigenvalue weighted by molar-refractivity contribution is 5.93. The summed E-state index contributed by atoms with van der Waals surface area (Å²) in [6.07, 6.45) is 2.60. The zero-order valence-corrected chi connectivity index (χ0v) is 22.1. The molecule has 3 fully saturated rings. The molecular formula is C26H38F2N6O4. The molecule has 3 aliphatic rings. The van der Waals surface area contributed by atoms with E-state index in [-0.39, 0.29) is 24.5 Å². The standard InChI is InChI=1S/C26H38F2N6O4/c1-14-6-4-5-9-34(14)23(35)12-20(32-26(37)21-10-15(2)38-33-21)25(36)30-16(3)24-29-13-22(31-24)18-8-7-17(27)11-19(18)28/h7-8,11,14-16,20-22,24,29,31,33H,4-6,9-10,12-13H2,1-3H3,(H,30,36)(H,32,37)/t14-,15?,16-,20-,21?,22?,24?/m0/s1. The van der Waals surface area contributed by atoms with E-state index in [1.807, 2.05) is 13.8 Å². The second-order valence-corrected chi connectivity index (χ2v) is 10.6. The van der Waals surface area contributed by atoms with Crippen LogP contribution in [0.4, 0.5) is 8.78 Å². The van der Waals surface area contributed by atoms with Crippen molar-refractivity contribution < 1.29 is 28.0 Å². The molecule has 3 amide bonds. The fraction of sp³-hybridized carbons (Fsp3) is 0.654. The summed E-state index contributed by atoms with van der Waals surface area (Å²) in [7, 11) is 0. The number of carbonyl (C=O) groups is 3. The molecule has 0 aliphatic carbocycles. The summed E-state index contributed by atoms with van der Waals surface area (Å²) in [5.41, 5.74) is 3.00. The zero-order chi connectivity index (χ0) is 27.4. The number of halogens is 2. The molecule has 4 unspecified atom stereocenters. The monoisotopic (exact) mass is 536 g/mol. The van der Waals surface area contributed by atoms with Crippen LogP contribution in [0.3, 0.4) is 0 Å². The van der Waals surface area contributed by atoms with E-state index in [4.69, 9.17) is 4.84 Å². The first-order valence-electron chi connectivity index (χ1n) is 13.4. The molecular weight excluding hydrogens is 498 g/mol. The molecule has 5 N–H and O–H groups in total. The highest BCUT2D eigenvalue weighted by atomic mass is 19.1. The van der Waals surface area contributed by atoms with Gasteiger partial charge in [-0.2, -0.15) is 5.48 Å². The maximum absolute atomic E-state index is 14.3. The number of hydrogen-bond acceptors (Lipinski definition) is 7. The number of rotatable bonds is 8. The molecule has 1 aromatic rings. The topological polar surface area (TPSA) is 124 Å². The third-order valence-electron chi connectivity index (χ3n) is 7.56. The van der Waals surface area contributed by atoms with Gasteiger partial charge in [0.25, 0.3) is 0 Å². The second kappa shape index (κ2) is 12.5. The number of hydroxylamine groups is 1. The summed E-state index contributed by atoms with van der Waals surface area (Å²) in [6.45, 7) is 6.61. The average molecular weight is 537 g/mol. The minimum absolute atomic E-state index is 0.0796. The van der Waals surface area contributed by atoms with Crippen molar-refractivity contribution in [2.45, 2.75) is 95.4 Å². The SMILES string of the molecule is CC1CC(C(=O)N[C@@H](CC(=O)N2CCCC[C@@H]2C)C(=O)N[C@@H](C)C2NCC(c3ccc(F)cc3F)N2)NO1. The molecule has 3 aliphatic heterocycles. The van der Waals surface area contributed by atoms with Crippen LogP contribution in [0.5, 0.6) is 0 Å². The minimum atomic E-state index is -1.07. The summed E-state index contributed by atoms with van der Waals surface area (Å²) < 4.78 is 27.6. The van der Waals surface area contributed by atoms with E-state index in [2.05, 4.69) is 26.7 Å². The Hall–Kier alpha value is -2.67. The van der Waals surface area contributed by atoms with Crippen LogP contribution in [0.15, 0.2) is 18.2 Å². The smallest absolute Gasteiger partial charge is 0.243 e. The van der Waals surface area contributed by atoms with Crippen LogP contribution in [0.1, 0.15) is 64.5 Å². The Morgan fingerprint density at radius 3 is 2.66 bits per heavy atom. The maximum atomic E-state index is 14.3. The fourth-order valence-corrected chi connectivity index (χ4v) is 5.32. The van der Waals surface area contributed by atoms with Crippen molar-refractivity contribution in [2.24, 2.45) is 0 Å². The first-order valence-corrected chi connectivity index (χ1v) is 13.4. The Balaban J connectivity index is 1.40. The van der Waals surface area contributed by atoms with Gasteiger partial charge in [0, 0.05) is 43.2 Å². The van der Waals surface area contributed by atoms with Gasteiger partial charge in [0.1, 0.15) is 23.7 Å². The fourth-order valence-electron chi connectivity index (χ4n) is 5.32. The highest BCUT2D eigenvalue weighted by Gasteiger charge is 2.36. The molecule has 0 saturated carbocycles. The molecule has 0 radical (unpaired) electrons. The summed E-state index contributed by atoms with van der Waals surface area (Å²) in [5.74, 6) is -2.38. The van der Waals surface area contributed by atoms with Crippen LogP contribution in [0.25, 0.3) is 0 Å². The van der Waals surface area contributed by atoms with Gasteiger partial charge in [0.2, 0.25) is 17.7 Å². The van der Waals surface area contributed by atoms with Crippen molar-refractivity contribution in [1.82, 2.24) is 31.6 Å². The van der Waals surface area contributed by atoms with Gasteiger partial charge in [-0.15, -0.1) is 0 Å². The molecule has 3 heterocycles. The van der Waals surface area contributed by atoms with E-state index in [1.54, 1.807) is 11.8 Å². The van der Waals surface area contributed by atoms with Gasteiger partial charge in [-0.25, -0.2) is 8.78 Å². The lowest BCUT2D eigenvalue weighted by atomic mass is 10.0. The van der Waals surface area contributed by atoms with Crippen molar-refractivity contribution in [2.75, 3.05) is 13.1 Å². The van der Waals surface area contributed by atoms with E-state index in [0.29, 0.717) is 25.1 Å². The molecule has 0 spiro atoms. The van der Waals surface area contributed by atoms with Crippen molar-refractivity contribution in [3.8, 4) is 0 Å². The van der Waals surface area contributed by atoms with Crippen molar-refractivity contribution in [3.63, 3.8) is 0 Å². The molecule has 12 heteroatoms. The number of carbonyl (C=O) groups excluding carboxylic acids is 3. The maximum Gasteiger partial charge on any atom is 0.243 e.